The summed E-state index contributed by atoms with van der Waals surface area (Å²) < 4.78 is 12.4. The topological polar surface area (TPSA) is 18.5 Å². The molecule has 1 atom stereocenters. The zero-order valence-corrected chi connectivity index (χ0v) is 25.7. The van der Waals surface area contributed by atoms with Crippen molar-refractivity contribution in [2.75, 3.05) is 13.2 Å². The molecular weight excluding hydrogens is 444 g/mol. The van der Waals surface area contributed by atoms with Crippen molar-refractivity contribution >= 4 is 8.56 Å². The Balaban J connectivity index is 3.41. The van der Waals surface area contributed by atoms with Gasteiger partial charge in [0.25, 0.3) is 0 Å². The number of rotatable bonds is 30. The van der Waals surface area contributed by atoms with Crippen LogP contribution < -0.4 is 0 Å². The summed E-state index contributed by atoms with van der Waals surface area (Å²) in [6.45, 7) is 12.4. The molecule has 0 N–H and O–H groups in total. The zero-order chi connectivity index (χ0) is 25.7. The Morgan fingerprint density at radius 3 is 0.886 bits per heavy atom. The molecule has 0 saturated heterocycles. The van der Waals surface area contributed by atoms with Gasteiger partial charge >= 0.3 is 8.56 Å². The molecule has 0 aliphatic carbocycles. The van der Waals surface area contributed by atoms with Gasteiger partial charge in [-0.05, 0) is 25.1 Å². The van der Waals surface area contributed by atoms with Crippen LogP contribution in [0.1, 0.15) is 174 Å². The Morgan fingerprint density at radius 2 is 0.657 bits per heavy atom. The predicted molar refractivity (Wildman–Crippen MR) is 160 cm³/mol. The second kappa shape index (κ2) is 28.4. The van der Waals surface area contributed by atoms with Crippen molar-refractivity contribution in [1.29, 1.82) is 0 Å². The first-order chi connectivity index (χ1) is 17.2. The molecule has 0 bridgehead atoms. The molecule has 3 heteroatoms. The molecule has 210 valence electrons. The van der Waals surface area contributed by atoms with E-state index in [0.29, 0.717) is 0 Å². The summed E-state index contributed by atoms with van der Waals surface area (Å²) >= 11 is 0. The van der Waals surface area contributed by atoms with Gasteiger partial charge in [-0.1, -0.05) is 162 Å². The molecule has 0 aliphatic heterocycles. The zero-order valence-electron chi connectivity index (χ0n) is 24.7. The molecule has 0 rings (SSSR count). The monoisotopic (exact) mass is 510 g/mol. The van der Waals surface area contributed by atoms with Crippen molar-refractivity contribution in [2.24, 2.45) is 0 Å². The average molecular weight is 511 g/mol. The molecule has 0 amide bonds. The Morgan fingerprint density at radius 1 is 0.429 bits per heavy atom. The summed E-state index contributed by atoms with van der Waals surface area (Å²) in [5, 5.41) is 0. The van der Waals surface area contributed by atoms with E-state index in [2.05, 4.69) is 27.0 Å². The standard InChI is InChI=1S/C32H66O2Si/c1-5-8-10-12-14-16-18-19-20-22-24-26-28-30-32-34-35(4,7-3)33-31-29-27-25-23-21-17-15-13-11-9-6-2/h7H,3,5-6,8-32H2,1-2,4H3. The van der Waals surface area contributed by atoms with Crippen LogP contribution in [0.15, 0.2) is 12.3 Å². The van der Waals surface area contributed by atoms with Gasteiger partial charge in [-0.2, -0.15) is 0 Å². The second-order valence-electron chi connectivity index (χ2n) is 11.0. The van der Waals surface area contributed by atoms with E-state index >= 15 is 0 Å². The Kier molecular flexibility index (Phi) is 28.3. The highest BCUT2D eigenvalue weighted by Gasteiger charge is 2.26. The van der Waals surface area contributed by atoms with E-state index in [4.69, 9.17) is 8.85 Å². The van der Waals surface area contributed by atoms with Crippen molar-refractivity contribution in [2.45, 2.75) is 181 Å². The van der Waals surface area contributed by atoms with Crippen LogP contribution in [0.25, 0.3) is 0 Å². The summed E-state index contributed by atoms with van der Waals surface area (Å²) in [6, 6.07) is 0. The summed E-state index contributed by atoms with van der Waals surface area (Å²) in [5.74, 6) is 0. The fourth-order valence-corrected chi connectivity index (χ4v) is 6.19. The van der Waals surface area contributed by atoms with Crippen molar-refractivity contribution in [3.63, 3.8) is 0 Å². The molecule has 1 unspecified atom stereocenters. The molecule has 0 aromatic carbocycles. The Labute approximate surface area is 223 Å². The smallest absolute Gasteiger partial charge is 0.361 e. The molecule has 0 heterocycles. The summed E-state index contributed by atoms with van der Waals surface area (Å²) in [4.78, 5) is 0. The molecule has 0 saturated carbocycles. The third-order valence-electron chi connectivity index (χ3n) is 7.39. The predicted octanol–water partition coefficient (Wildman–Crippen LogP) is 11.6. The molecule has 0 fully saturated rings. The fourth-order valence-electron chi connectivity index (χ4n) is 4.77. The summed E-state index contributed by atoms with van der Waals surface area (Å²) in [7, 11) is -2.16. The van der Waals surface area contributed by atoms with Crippen molar-refractivity contribution in [3.05, 3.63) is 12.3 Å². The van der Waals surface area contributed by atoms with Crippen LogP contribution in [0.4, 0.5) is 0 Å². The lowest BCUT2D eigenvalue weighted by molar-refractivity contribution is 0.177. The van der Waals surface area contributed by atoms with E-state index in [1.807, 2.05) is 5.70 Å². The first kappa shape index (κ1) is 34.9. The van der Waals surface area contributed by atoms with Crippen LogP contribution in [0.3, 0.4) is 0 Å². The lowest BCUT2D eigenvalue weighted by Gasteiger charge is -2.23. The molecule has 0 radical (unpaired) electrons. The van der Waals surface area contributed by atoms with E-state index in [1.165, 1.54) is 148 Å². The minimum Gasteiger partial charge on any atom is -0.391 e. The summed E-state index contributed by atoms with van der Waals surface area (Å²) in [6.07, 6.45) is 34.6. The van der Waals surface area contributed by atoms with Gasteiger partial charge in [0.15, 0.2) is 0 Å². The van der Waals surface area contributed by atoms with Gasteiger partial charge in [0.05, 0.1) is 0 Å². The highest BCUT2D eigenvalue weighted by molar-refractivity contribution is 6.71. The van der Waals surface area contributed by atoms with Crippen LogP contribution in [-0.4, -0.2) is 21.8 Å². The first-order valence-electron chi connectivity index (χ1n) is 16.1. The third kappa shape index (κ3) is 26.7. The van der Waals surface area contributed by atoms with Gasteiger partial charge < -0.3 is 8.85 Å². The molecule has 0 aromatic rings. The number of hydrogen-bond donors (Lipinski definition) is 0. The second-order valence-corrected chi connectivity index (χ2v) is 14.1. The molecule has 0 spiro atoms. The Hall–Kier alpha value is -0.123. The lowest BCUT2D eigenvalue weighted by atomic mass is 10.0. The first-order valence-corrected chi connectivity index (χ1v) is 18.5. The van der Waals surface area contributed by atoms with Gasteiger partial charge in [-0.15, -0.1) is 6.58 Å². The minimum atomic E-state index is -2.16. The van der Waals surface area contributed by atoms with Gasteiger partial charge in [-0.25, -0.2) is 0 Å². The maximum Gasteiger partial charge on any atom is 0.361 e. The fraction of sp³-hybridized carbons (Fsp3) is 0.938. The van der Waals surface area contributed by atoms with Gasteiger partial charge in [0.1, 0.15) is 0 Å². The third-order valence-corrected chi connectivity index (χ3v) is 9.69. The molecule has 35 heavy (non-hydrogen) atoms. The van der Waals surface area contributed by atoms with Gasteiger partial charge in [0, 0.05) is 13.2 Å². The minimum absolute atomic E-state index is 0.838. The van der Waals surface area contributed by atoms with Crippen LogP contribution in [0.5, 0.6) is 0 Å². The van der Waals surface area contributed by atoms with E-state index in [0.717, 1.165) is 26.1 Å². The maximum atomic E-state index is 6.18. The van der Waals surface area contributed by atoms with Crippen LogP contribution >= 0.6 is 0 Å². The number of unbranched alkanes of at least 4 members (excludes halogenated alkanes) is 23. The van der Waals surface area contributed by atoms with E-state index < -0.39 is 8.56 Å². The van der Waals surface area contributed by atoms with Crippen molar-refractivity contribution < 1.29 is 8.85 Å². The van der Waals surface area contributed by atoms with Crippen LogP contribution in [0.2, 0.25) is 6.55 Å². The Bertz CT molecular complexity index is 414. The van der Waals surface area contributed by atoms with Gasteiger partial charge in [0.2, 0.25) is 0 Å². The van der Waals surface area contributed by atoms with Crippen molar-refractivity contribution in [1.82, 2.24) is 0 Å². The molecule has 0 aliphatic rings. The quantitative estimate of drug-likeness (QED) is 0.0706. The van der Waals surface area contributed by atoms with Crippen molar-refractivity contribution in [3.8, 4) is 0 Å². The summed E-state index contributed by atoms with van der Waals surface area (Å²) in [5.41, 5.74) is 1.97. The van der Waals surface area contributed by atoms with Crippen LogP contribution in [-0.2, 0) is 8.85 Å². The van der Waals surface area contributed by atoms with E-state index in [-0.39, 0.29) is 0 Å². The average Bonchev–Trinajstić information content (AvgIpc) is 2.87. The molecule has 0 aromatic heterocycles. The van der Waals surface area contributed by atoms with Crippen LogP contribution in [0, 0.1) is 0 Å². The lowest BCUT2D eigenvalue weighted by Crippen LogP contribution is -2.37. The van der Waals surface area contributed by atoms with Gasteiger partial charge in [-0.3, -0.25) is 0 Å². The molecule has 2 nitrogen and oxygen atoms in total. The highest BCUT2D eigenvalue weighted by Crippen LogP contribution is 2.15. The molecular formula is C32H66O2Si. The SMILES string of the molecule is C=C[Si](C)(OCCCCCCCCCCCCC)OCCCCCCCCCCCCCCCC. The van der Waals surface area contributed by atoms with E-state index in [1.54, 1.807) is 0 Å². The highest BCUT2D eigenvalue weighted by atomic mass is 28.4. The normalized spacial score (nSPS) is 13.2. The largest absolute Gasteiger partial charge is 0.391 e. The number of hydrogen-bond acceptors (Lipinski definition) is 2. The maximum absolute atomic E-state index is 6.18. The van der Waals surface area contributed by atoms with E-state index in [9.17, 15) is 0 Å².